The Hall–Kier alpha value is -2.42. The molecule has 29 heavy (non-hydrogen) atoms. The van der Waals surface area contributed by atoms with E-state index in [0.29, 0.717) is 18.0 Å². The number of hydrogen-bond acceptors (Lipinski definition) is 5. The monoisotopic (exact) mass is 438 g/mol. The van der Waals surface area contributed by atoms with Gasteiger partial charge in [-0.3, -0.25) is 9.59 Å². The third kappa shape index (κ3) is 7.84. The molecule has 0 aliphatic carbocycles. The van der Waals surface area contributed by atoms with Crippen LogP contribution >= 0.6 is 11.6 Å². The van der Waals surface area contributed by atoms with Crippen LogP contribution in [0.1, 0.15) is 18.9 Å². The summed E-state index contributed by atoms with van der Waals surface area (Å²) in [5, 5.41) is 3.12. The summed E-state index contributed by atoms with van der Waals surface area (Å²) in [4.78, 5) is 23.9. The quantitative estimate of drug-likeness (QED) is 0.554. The van der Waals surface area contributed by atoms with Gasteiger partial charge in [-0.2, -0.15) is 0 Å². The van der Waals surface area contributed by atoms with E-state index in [1.807, 2.05) is 30.3 Å². The Morgan fingerprint density at radius 3 is 2.34 bits per heavy atom. The number of nitrogens with one attached hydrogen (secondary N) is 2. The fraction of sp³-hybridized carbons (Fsp3) is 0.300. The second kappa shape index (κ2) is 10.9. The van der Waals surface area contributed by atoms with Gasteiger partial charge in [0.2, 0.25) is 10.0 Å². The molecular weight excluding hydrogens is 416 g/mol. The minimum Gasteiger partial charge on any atom is -0.453 e. The largest absolute Gasteiger partial charge is 0.453 e. The van der Waals surface area contributed by atoms with Gasteiger partial charge in [-0.1, -0.05) is 41.9 Å². The molecule has 0 aliphatic rings. The zero-order valence-electron chi connectivity index (χ0n) is 15.9. The SMILES string of the molecule is CC(OC(=O)CCNS(=O)(=O)c1ccc(Cl)cc1)C(=O)NCCc1ccccc1. The van der Waals surface area contributed by atoms with E-state index >= 15 is 0 Å². The van der Waals surface area contributed by atoms with Crippen LogP contribution in [0.2, 0.25) is 5.02 Å². The molecule has 0 aromatic heterocycles. The highest BCUT2D eigenvalue weighted by Gasteiger charge is 2.18. The maximum absolute atomic E-state index is 12.1. The second-order valence-electron chi connectivity index (χ2n) is 6.26. The maximum atomic E-state index is 12.1. The lowest BCUT2D eigenvalue weighted by Crippen LogP contribution is -2.37. The predicted molar refractivity (Wildman–Crippen MR) is 110 cm³/mol. The molecule has 2 rings (SSSR count). The van der Waals surface area contributed by atoms with Gasteiger partial charge in [0.15, 0.2) is 6.10 Å². The van der Waals surface area contributed by atoms with Gasteiger partial charge in [-0.05, 0) is 43.2 Å². The summed E-state index contributed by atoms with van der Waals surface area (Å²) >= 11 is 5.74. The fourth-order valence-electron chi connectivity index (χ4n) is 2.41. The Kier molecular flexibility index (Phi) is 8.63. The Morgan fingerprint density at radius 2 is 1.69 bits per heavy atom. The molecule has 0 saturated heterocycles. The highest BCUT2D eigenvalue weighted by molar-refractivity contribution is 7.89. The van der Waals surface area contributed by atoms with Gasteiger partial charge < -0.3 is 10.1 Å². The van der Waals surface area contributed by atoms with Crippen LogP contribution in [0.15, 0.2) is 59.5 Å². The number of esters is 1. The molecule has 9 heteroatoms. The van der Waals surface area contributed by atoms with E-state index in [-0.39, 0.29) is 17.9 Å². The lowest BCUT2D eigenvalue weighted by molar-refractivity contribution is -0.154. The average molecular weight is 439 g/mol. The van der Waals surface area contributed by atoms with Crippen LogP contribution in [0.25, 0.3) is 0 Å². The summed E-state index contributed by atoms with van der Waals surface area (Å²) in [5.74, 6) is -1.08. The number of rotatable bonds is 10. The first-order valence-corrected chi connectivity index (χ1v) is 10.9. The number of hydrogen-bond donors (Lipinski definition) is 2. The molecule has 1 atom stereocenters. The zero-order valence-corrected chi connectivity index (χ0v) is 17.5. The average Bonchev–Trinajstić information content (AvgIpc) is 2.68. The van der Waals surface area contributed by atoms with E-state index in [4.69, 9.17) is 16.3 Å². The van der Waals surface area contributed by atoms with Crippen molar-refractivity contribution in [2.24, 2.45) is 0 Å². The van der Waals surface area contributed by atoms with Crippen molar-refractivity contribution in [2.75, 3.05) is 13.1 Å². The van der Waals surface area contributed by atoms with E-state index < -0.39 is 28.0 Å². The molecule has 2 N–H and O–H groups in total. The second-order valence-corrected chi connectivity index (χ2v) is 8.46. The molecule has 0 spiro atoms. The Bertz CT molecular complexity index is 918. The first-order valence-electron chi connectivity index (χ1n) is 9.04. The minimum atomic E-state index is -3.75. The summed E-state index contributed by atoms with van der Waals surface area (Å²) < 4.78 is 31.6. The summed E-state index contributed by atoms with van der Waals surface area (Å²) in [7, 11) is -3.75. The topological polar surface area (TPSA) is 102 Å². The van der Waals surface area contributed by atoms with E-state index in [1.54, 1.807) is 0 Å². The van der Waals surface area contributed by atoms with Crippen LogP contribution in [0.3, 0.4) is 0 Å². The summed E-state index contributed by atoms with van der Waals surface area (Å²) in [6, 6.07) is 15.3. The first kappa shape index (κ1) is 22.9. The number of halogens is 1. The van der Waals surface area contributed by atoms with Gasteiger partial charge in [0.05, 0.1) is 11.3 Å². The molecule has 2 aromatic rings. The summed E-state index contributed by atoms with van der Waals surface area (Å²) in [5.41, 5.74) is 1.09. The van der Waals surface area contributed by atoms with E-state index in [1.165, 1.54) is 31.2 Å². The van der Waals surface area contributed by atoms with Crippen LogP contribution in [0.4, 0.5) is 0 Å². The van der Waals surface area contributed by atoms with Crippen molar-refractivity contribution in [3.05, 3.63) is 65.2 Å². The minimum absolute atomic E-state index is 0.0430. The molecule has 0 aliphatic heterocycles. The Labute approximate surface area is 175 Å². The molecular formula is C20H23ClN2O5S. The Morgan fingerprint density at radius 1 is 1.03 bits per heavy atom. The van der Waals surface area contributed by atoms with Gasteiger partial charge in [0.1, 0.15) is 0 Å². The number of benzene rings is 2. The smallest absolute Gasteiger partial charge is 0.307 e. The number of amides is 1. The van der Waals surface area contributed by atoms with Crippen LogP contribution in [0.5, 0.6) is 0 Å². The summed E-state index contributed by atoms with van der Waals surface area (Å²) in [6.45, 7) is 1.74. The Balaban J connectivity index is 1.69. The molecule has 2 aromatic carbocycles. The molecule has 0 saturated carbocycles. The van der Waals surface area contributed by atoms with Gasteiger partial charge in [-0.25, -0.2) is 13.1 Å². The lowest BCUT2D eigenvalue weighted by Gasteiger charge is -2.14. The standard InChI is InChI=1S/C20H23ClN2O5S/c1-15(20(25)22-13-11-16-5-3-2-4-6-16)28-19(24)12-14-23-29(26,27)18-9-7-17(21)8-10-18/h2-10,15,23H,11-14H2,1H3,(H,22,25). The predicted octanol–water partition coefficient (Wildman–Crippen LogP) is 2.30. The van der Waals surface area contributed by atoms with Gasteiger partial charge in [0.25, 0.3) is 5.91 Å². The number of ether oxygens (including phenoxy) is 1. The van der Waals surface area contributed by atoms with Crippen molar-refractivity contribution < 1.29 is 22.7 Å². The van der Waals surface area contributed by atoms with Crippen molar-refractivity contribution in [1.29, 1.82) is 0 Å². The van der Waals surface area contributed by atoms with Crippen molar-refractivity contribution in [2.45, 2.75) is 30.8 Å². The van der Waals surface area contributed by atoms with Crippen molar-refractivity contribution >= 4 is 33.5 Å². The molecule has 1 unspecified atom stereocenters. The van der Waals surface area contributed by atoms with Crippen molar-refractivity contribution in [3.8, 4) is 0 Å². The number of carbonyl (C=O) groups excluding carboxylic acids is 2. The van der Waals surface area contributed by atoms with E-state index in [2.05, 4.69) is 10.0 Å². The first-order chi connectivity index (χ1) is 13.8. The van der Waals surface area contributed by atoms with Gasteiger partial charge >= 0.3 is 5.97 Å². The molecule has 0 bridgehead atoms. The van der Waals surface area contributed by atoms with E-state index in [9.17, 15) is 18.0 Å². The van der Waals surface area contributed by atoms with Crippen LogP contribution < -0.4 is 10.0 Å². The maximum Gasteiger partial charge on any atom is 0.307 e. The molecule has 0 heterocycles. The third-order valence-corrected chi connectivity index (χ3v) is 5.71. The van der Waals surface area contributed by atoms with Crippen molar-refractivity contribution in [3.63, 3.8) is 0 Å². The van der Waals surface area contributed by atoms with Crippen LogP contribution in [-0.4, -0.2) is 39.5 Å². The molecule has 1 amide bonds. The van der Waals surface area contributed by atoms with Crippen molar-refractivity contribution in [1.82, 2.24) is 10.0 Å². The highest BCUT2D eigenvalue weighted by atomic mass is 35.5. The molecule has 156 valence electrons. The number of carbonyl (C=O) groups is 2. The summed E-state index contributed by atoms with van der Waals surface area (Å²) in [6.07, 6.45) is -0.500. The normalized spacial score (nSPS) is 12.2. The lowest BCUT2D eigenvalue weighted by atomic mass is 10.1. The molecule has 7 nitrogen and oxygen atoms in total. The third-order valence-electron chi connectivity index (χ3n) is 3.98. The van der Waals surface area contributed by atoms with Crippen LogP contribution in [0, 0.1) is 0 Å². The fourth-order valence-corrected chi connectivity index (χ4v) is 3.57. The highest BCUT2D eigenvalue weighted by Crippen LogP contribution is 2.13. The number of sulfonamides is 1. The van der Waals surface area contributed by atoms with Gasteiger partial charge in [0, 0.05) is 18.1 Å². The van der Waals surface area contributed by atoms with E-state index in [0.717, 1.165) is 5.56 Å². The zero-order chi connectivity index (χ0) is 21.3. The molecule has 0 fully saturated rings. The molecule has 0 radical (unpaired) electrons. The van der Waals surface area contributed by atoms with Gasteiger partial charge in [-0.15, -0.1) is 0 Å². The van der Waals surface area contributed by atoms with Crippen LogP contribution in [-0.2, 0) is 30.8 Å².